The summed E-state index contributed by atoms with van der Waals surface area (Å²) in [5.41, 5.74) is -1.29. The fraction of sp³-hybridized carbons (Fsp3) is 0.286. The van der Waals surface area contributed by atoms with Gasteiger partial charge in [0.15, 0.2) is 11.0 Å². The molecule has 186 valence electrons. The summed E-state index contributed by atoms with van der Waals surface area (Å²) in [6.45, 7) is 5.28. The van der Waals surface area contributed by atoms with Crippen LogP contribution in [0.5, 0.6) is 0 Å². The molecule has 0 fully saturated rings. The van der Waals surface area contributed by atoms with Gasteiger partial charge in [0.05, 0.1) is 17.3 Å². The van der Waals surface area contributed by atoms with Crippen molar-refractivity contribution in [1.29, 1.82) is 0 Å². The van der Waals surface area contributed by atoms with Gasteiger partial charge in [-0.25, -0.2) is 0 Å². The van der Waals surface area contributed by atoms with Gasteiger partial charge in [-0.2, -0.15) is 13.2 Å². The topological polar surface area (TPSA) is 68.3 Å². The monoisotopic (exact) mass is 494 g/mol. The van der Waals surface area contributed by atoms with Crippen LogP contribution >= 0.6 is 0 Å². The molecule has 2 aromatic carbocycles. The van der Waals surface area contributed by atoms with Crippen LogP contribution in [0.15, 0.2) is 82.3 Å². The molecule has 4 aromatic rings. The number of fused-ring (bicyclic) bond motifs is 1. The number of benzene rings is 2. The van der Waals surface area contributed by atoms with Gasteiger partial charge in [-0.05, 0) is 37.1 Å². The molecule has 1 aliphatic carbocycles. The molecule has 0 bridgehead atoms. The minimum Gasteiger partial charge on any atom is -0.379 e. The van der Waals surface area contributed by atoms with E-state index in [0.29, 0.717) is 27.9 Å². The normalized spacial score (nSPS) is 24.4. The predicted molar refractivity (Wildman–Crippen MR) is 131 cm³/mol. The average molecular weight is 495 g/mol. The second kappa shape index (κ2) is 8.20. The van der Waals surface area contributed by atoms with Crippen LogP contribution in [0.2, 0.25) is 0 Å². The van der Waals surface area contributed by atoms with Gasteiger partial charge in [0.25, 0.3) is 0 Å². The second-order valence-corrected chi connectivity index (χ2v) is 9.70. The SMILES string of the molecule is Cc1noc(C)c1-c1cccc(C2(C)C=CC(n3ccc(=O)c4ccccc43)C(O)(C(F)(F)F)C2)c1. The predicted octanol–water partition coefficient (Wildman–Crippen LogP) is 6.03. The molecule has 0 radical (unpaired) electrons. The number of hydrogen-bond donors (Lipinski definition) is 1. The summed E-state index contributed by atoms with van der Waals surface area (Å²) in [4.78, 5) is 12.3. The molecule has 0 amide bonds. The number of aliphatic hydroxyl groups is 1. The van der Waals surface area contributed by atoms with Crippen molar-refractivity contribution in [2.24, 2.45) is 0 Å². The van der Waals surface area contributed by atoms with Gasteiger partial charge in [0, 0.05) is 35.0 Å². The van der Waals surface area contributed by atoms with Gasteiger partial charge < -0.3 is 14.2 Å². The summed E-state index contributed by atoms with van der Waals surface area (Å²) in [7, 11) is 0. The lowest BCUT2D eigenvalue weighted by Crippen LogP contribution is -2.56. The first-order chi connectivity index (χ1) is 16.9. The largest absolute Gasteiger partial charge is 0.419 e. The molecule has 36 heavy (non-hydrogen) atoms. The average Bonchev–Trinajstić information content (AvgIpc) is 3.17. The third-order valence-corrected chi connectivity index (χ3v) is 7.24. The fourth-order valence-electron chi connectivity index (χ4n) is 5.37. The van der Waals surface area contributed by atoms with E-state index in [0.717, 1.165) is 11.1 Å². The van der Waals surface area contributed by atoms with E-state index in [2.05, 4.69) is 5.16 Å². The van der Waals surface area contributed by atoms with E-state index in [1.54, 1.807) is 56.3 Å². The number of para-hydroxylation sites is 1. The summed E-state index contributed by atoms with van der Waals surface area (Å²) in [6, 6.07) is 13.5. The quantitative estimate of drug-likeness (QED) is 0.354. The van der Waals surface area contributed by atoms with Crippen molar-refractivity contribution in [3.8, 4) is 11.1 Å². The Bertz CT molecular complexity index is 1530. The number of aryl methyl sites for hydroxylation is 2. The van der Waals surface area contributed by atoms with E-state index >= 15 is 0 Å². The number of rotatable bonds is 3. The van der Waals surface area contributed by atoms with Gasteiger partial charge in [-0.3, -0.25) is 4.79 Å². The van der Waals surface area contributed by atoms with Crippen LogP contribution in [0.25, 0.3) is 22.0 Å². The van der Waals surface area contributed by atoms with Gasteiger partial charge >= 0.3 is 6.18 Å². The van der Waals surface area contributed by atoms with Crippen molar-refractivity contribution < 1.29 is 22.8 Å². The lowest BCUT2D eigenvalue weighted by molar-refractivity contribution is -0.278. The molecule has 1 aliphatic rings. The lowest BCUT2D eigenvalue weighted by atomic mass is 9.66. The zero-order valence-corrected chi connectivity index (χ0v) is 20.0. The highest BCUT2D eigenvalue weighted by Gasteiger charge is 2.62. The maximum absolute atomic E-state index is 14.6. The van der Waals surface area contributed by atoms with E-state index in [4.69, 9.17) is 4.52 Å². The maximum atomic E-state index is 14.6. The third kappa shape index (κ3) is 3.67. The van der Waals surface area contributed by atoms with E-state index < -0.39 is 29.7 Å². The van der Waals surface area contributed by atoms with Crippen molar-refractivity contribution >= 4 is 10.9 Å². The first-order valence-electron chi connectivity index (χ1n) is 11.6. The van der Waals surface area contributed by atoms with Gasteiger partial charge in [0.2, 0.25) is 0 Å². The smallest absolute Gasteiger partial charge is 0.379 e. The van der Waals surface area contributed by atoms with Gasteiger partial charge in [-0.15, -0.1) is 0 Å². The summed E-state index contributed by atoms with van der Waals surface area (Å²) >= 11 is 0. The molecule has 1 N–H and O–H groups in total. The Hall–Kier alpha value is -3.65. The van der Waals surface area contributed by atoms with Gasteiger partial charge in [-0.1, -0.05) is 60.6 Å². The lowest BCUT2D eigenvalue weighted by Gasteiger charge is -2.46. The molecular weight excluding hydrogens is 469 g/mol. The number of halogens is 3. The molecule has 0 saturated heterocycles. The van der Waals surface area contributed by atoms with Crippen LogP contribution in [0.1, 0.15) is 36.4 Å². The number of allylic oxidation sites excluding steroid dienone is 1. The number of hydrogen-bond acceptors (Lipinski definition) is 4. The summed E-state index contributed by atoms with van der Waals surface area (Å²) in [5, 5.41) is 15.7. The van der Waals surface area contributed by atoms with E-state index in [1.807, 2.05) is 19.1 Å². The van der Waals surface area contributed by atoms with Crippen molar-refractivity contribution in [2.75, 3.05) is 0 Å². The van der Waals surface area contributed by atoms with Crippen LogP contribution in [-0.2, 0) is 5.41 Å². The molecular formula is C28H25F3N2O3. The molecule has 0 saturated carbocycles. The summed E-state index contributed by atoms with van der Waals surface area (Å²) < 4.78 is 50.5. The molecule has 5 rings (SSSR count). The van der Waals surface area contributed by atoms with E-state index in [-0.39, 0.29) is 5.43 Å². The standard InChI is InChI=1S/C28H25F3N2O3/c1-17-25(18(2)36-32-17)19-7-6-8-20(15-19)26(3)13-11-24(27(35,16-26)28(29,30)31)33-14-12-23(34)21-9-4-5-10-22(21)33/h4-15,24,35H,16H2,1-3H3. The molecule has 5 nitrogen and oxygen atoms in total. The minimum absolute atomic E-state index is 0.290. The van der Waals surface area contributed by atoms with Crippen molar-refractivity contribution in [3.63, 3.8) is 0 Å². The molecule has 0 aliphatic heterocycles. The van der Waals surface area contributed by atoms with Crippen molar-refractivity contribution in [2.45, 2.75) is 50.4 Å². The van der Waals surface area contributed by atoms with Gasteiger partial charge in [0.1, 0.15) is 5.76 Å². The number of aromatic nitrogens is 2. The highest BCUT2D eigenvalue weighted by molar-refractivity contribution is 5.79. The Morgan fingerprint density at radius 1 is 1.11 bits per heavy atom. The van der Waals surface area contributed by atoms with Crippen LogP contribution in [0.3, 0.4) is 0 Å². The highest BCUT2D eigenvalue weighted by Crippen LogP contribution is 2.52. The van der Waals surface area contributed by atoms with Crippen LogP contribution in [0, 0.1) is 13.8 Å². The zero-order valence-electron chi connectivity index (χ0n) is 20.0. The van der Waals surface area contributed by atoms with Crippen LogP contribution in [0.4, 0.5) is 13.2 Å². The maximum Gasteiger partial charge on any atom is 0.419 e. The molecule has 3 atom stereocenters. The fourth-order valence-corrected chi connectivity index (χ4v) is 5.37. The Kier molecular flexibility index (Phi) is 5.48. The third-order valence-electron chi connectivity index (χ3n) is 7.24. The molecule has 2 heterocycles. The number of nitrogens with zero attached hydrogens (tertiary/aromatic N) is 2. The Morgan fingerprint density at radius 2 is 1.86 bits per heavy atom. The number of alkyl halides is 3. The Labute approximate surface area is 205 Å². The molecule has 0 spiro atoms. The first-order valence-corrected chi connectivity index (χ1v) is 11.6. The zero-order chi connectivity index (χ0) is 25.9. The summed E-state index contributed by atoms with van der Waals surface area (Å²) in [6.07, 6.45) is -1.10. The van der Waals surface area contributed by atoms with Crippen molar-refractivity contribution in [1.82, 2.24) is 9.72 Å². The molecule has 3 unspecified atom stereocenters. The molecule has 2 aromatic heterocycles. The summed E-state index contributed by atoms with van der Waals surface area (Å²) in [5.74, 6) is 0.617. The van der Waals surface area contributed by atoms with E-state index in [9.17, 15) is 23.1 Å². The molecule has 8 heteroatoms. The Morgan fingerprint density at radius 3 is 2.56 bits per heavy atom. The number of pyridine rings is 1. The highest BCUT2D eigenvalue weighted by atomic mass is 19.4. The van der Waals surface area contributed by atoms with Crippen LogP contribution < -0.4 is 5.43 Å². The minimum atomic E-state index is -4.94. The van der Waals surface area contributed by atoms with E-state index in [1.165, 1.54) is 22.9 Å². The second-order valence-electron chi connectivity index (χ2n) is 9.70. The van der Waals surface area contributed by atoms with Crippen LogP contribution in [-0.4, -0.2) is 26.6 Å². The van der Waals surface area contributed by atoms with Crippen molar-refractivity contribution in [3.05, 3.63) is 100 Å². The Balaban J connectivity index is 1.66. The first kappa shape index (κ1) is 24.1.